The molecule has 0 bridgehead atoms. The topological polar surface area (TPSA) is 59.5 Å². The zero-order chi connectivity index (χ0) is 14.5. The second-order valence-corrected chi connectivity index (χ2v) is 4.93. The van der Waals surface area contributed by atoms with Crippen molar-refractivity contribution in [2.45, 2.75) is 32.7 Å². The van der Waals surface area contributed by atoms with Crippen LogP contribution in [-0.2, 0) is 4.79 Å². The number of hydrogen-bond acceptors (Lipinski definition) is 3. The third-order valence-electron chi connectivity index (χ3n) is 3.58. The summed E-state index contributed by atoms with van der Waals surface area (Å²) in [4.78, 5) is 14.0. The molecule has 2 aromatic rings. The van der Waals surface area contributed by atoms with Crippen molar-refractivity contribution in [2.24, 2.45) is 5.73 Å². The number of para-hydroxylation sites is 1. The molecule has 1 amide bonds. The lowest BCUT2D eigenvalue weighted by atomic mass is 10.1. The fourth-order valence-electron chi connectivity index (χ4n) is 2.42. The molecule has 0 aliphatic heterocycles. The van der Waals surface area contributed by atoms with Crippen LogP contribution in [0.1, 0.15) is 38.5 Å². The Kier molecular flexibility index (Phi) is 4.79. The lowest BCUT2D eigenvalue weighted by Crippen LogP contribution is -2.33. The molecule has 0 aliphatic rings. The van der Waals surface area contributed by atoms with Crippen LogP contribution in [0.2, 0.25) is 0 Å². The quantitative estimate of drug-likeness (QED) is 0.880. The van der Waals surface area contributed by atoms with Gasteiger partial charge in [0.25, 0.3) is 0 Å². The third kappa shape index (κ3) is 3.02. The Balaban J connectivity index is 2.18. The molecule has 20 heavy (non-hydrogen) atoms. The van der Waals surface area contributed by atoms with Gasteiger partial charge in [-0.2, -0.15) is 0 Å². The van der Waals surface area contributed by atoms with Gasteiger partial charge >= 0.3 is 0 Å². The number of fused-ring (bicyclic) bond motifs is 1. The number of carbonyl (C=O) groups excluding carboxylic acids is 1. The standard InChI is InChI=1S/C16H22N2O2/c1-3-18(16(19)9-6-10-17)12(2)15-11-13-7-4-5-8-14(13)20-15/h4-5,7-8,11-12H,3,6,9-10,17H2,1-2H3. The van der Waals surface area contributed by atoms with E-state index in [0.717, 1.165) is 23.2 Å². The molecule has 2 N–H and O–H groups in total. The molecule has 4 nitrogen and oxygen atoms in total. The van der Waals surface area contributed by atoms with Crippen molar-refractivity contribution in [2.75, 3.05) is 13.1 Å². The minimum absolute atomic E-state index is 0.0577. The van der Waals surface area contributed by atoms with Gasteiger partial charge in [0, 0.05) is 18.4 Å². The molecule has 1 heterocycles. The summed E-state index contributed by atoms with van der Waals surface area (Å²) < 4.78 is 5.85. The van der Waals surface area contributed by atoms with Crippen molar-refractivity contribution in [3.8, 4) is 0 Å². The molecule has 108 valence electrons. The predicted octanol–water partition coefficient (Wildman–Crippen LogP) is 3.08. The third-order valence-corrected chi connectivity index (χ3v) is 3.58. The largest absolute Gasteiger partial charge is 0.459 e. The van der Waals surface area contributed by atoms with Crippen LogP contribution in [-0.4, -0.2) is 23.9 Å². The summed E-state index contributed by atoms with van der Waals surface area (Å²) in [5.74, 6) is 0.958. The van der Waals surface area contributed by atoms with Gasteiger partial charge in [0.1, 0.15) is 11.3 Å². The molecule has 1 aromatic carbocycles. The lowest BCUT2D eigenvalue weighted by molar-refractivity contribution is -0.133. The minimum atomic E-state index is -0.0577. The van der Waals surface area contributed by atoms with Gasteiger partial charge in [-0.1, -0.05) is 18.2 Å². The van der Waals surface area contributed by atoms with Gasteiger partial charge in [-0.15, -0.1) is 0 Å². The Morgan fingerprint density at radius 1 is 1.40 bits per heavy atom. The van der Waals surface area contributed by atoms with Crippen molar-refractivity contribution in [3.63, 3.8) is 0 Å². The first-order chi connectivity index (χ1) is 9.67. The number of amides is 1. The average molecular weight is 274 g/mol. The van der Waals surface area contributed by atoms with Crippen molar-refractivity contribution in [3.05, 3.63) is 36.1 Å². The van der Waals surface area contributed by atoms with E-state index < -0.39 is 0 Å². The summed E-state index contributed by atoms with van der Waals surface area (Å²) in [6, 6.07) is 9.84. The highest BCUT2D eigenvalue weighted by atomic mass is 16.3. The highest BCUT2D eigenvalue weighted by molar-refractivity contribution is 5.79. The molecule has 0 fully saturated rings. The van der Waals surface area contributed by atoms with E-state index in [-0.39, 0.29) is 11.9 Å². The first-order valence-electron chi connectivity index (χ1n) is 7.15. The van der Waals surface area contributed by atoms with Gasteiger partial charge in [0.05, 0.1) is 6.04 Å². The Bertz CT molecular complexity index is 544. The molecule has 0 spiro atoms. The number of carbonyl (C=O) groups is 1. The second kappa shape index (κ2) is 6.57. The van der Waals surface area contributed by atoms with E-state index in [9.17, 15) is 4.79 Å². The highest BCUT2D eigenvalue weighted by Crippen LogP contribution is 2.27. The SMILES string of the molecule is CCN(C(=O)CCCN)C(C)c1cc2ccccc2o1. The first-order valence-corrected chi connectivity index (χ1v) is 7.15. The van der Waals surface area contributed by atoms with Gasteiger partial charge in [-0.25, -0.2) is 0 Å². The Morgan fingerprint density at radius 2 is 2.15 bits per heavy atom. The molecule has 0 radical (unpaired) electrons. The second-order valence-electron chi connectivity index (χ2n) is 4.93. The van der Waals surface area contributed by atoms with Crippen LogP contribution in [0.25, 0.3) is 11.0 Å². The van der Waals surface area contributed by atoms with Gasteiger partial charge in [-0.05, 0) is 38.9 Å². The van der Waals surface area contributed by atoms with Crippen LogP contribution in [0.4, 0.5) is 0 Å². The number of furan rings is 1. The maximum atomic E-state index is 12.2. The van der Waals surface area contributed by atoms with Crippen LogP contribution >= 0.6 is 0 Å². The van der Waals surface area contributed by atoms with E-state index in [0.29, 0.717) is 19.5 Å². The van der Waals surface area contributed by atoms with Gasteiger partial charge < -0.3 is 15.1 Å². The van der Waals surface area contributed by atoms with E-state index >= 15 is 0 Å². The zero-order valence-electron chi connectivity index (χ0n) is 12.1. The van der Waals surface area contributed by atoms with E-state index in [4.69, 9.17) is 10.2 Å². The molecule has 0 saturated heterocycles. The number of nitrogens with two attached hydrogens (primary N) is 1. The summed E-state index contributed by atoms with van der Waals surface area (Å²) in [6.45, 7) is 5.20. The summed E-state index contributed by atoms with van der Waals surface area (Å²) in [5.41, 5.74) is 6.33. The maximum absolute atomic E-state index is 12.2. The highest BCUT2D eigenvalue weighted by Gasteiger charge is 2.22. The van der Waals surface area contributed by atoms with Crippen molar-refractivity contribution in [1.29, 1.82) is 0 Å². The number of nitrogens with zero attached hydrogens (tertiary/aromatic N) is 1. The van der Waals surface area contributed by atoms with Crippen molar-refractivity contribution in [1.82, 2.24) is 4.90 Å². The molecule has 1 atom stereocenters. The van der Waals surface area contributed by atoms with Gasteiger partial charge in [0.15, 0.2) is 0 Å². The monoisotopic (exact) mass is 274 g/mol. The fraction of sp³-hybridized carbons (Fsp3) is 0.438. The lowest BCUT2D eigenvalue weighted by Gasteiger charge is -2.26. The summed E-state index contributed by atoms with van der Waals surface area (Å²) in [6.07, 6.45) is 1.22. The number of benzene rings is 1. The van der Waals surface area contributed by atoms with Gasteiger partial charge in [0.2, 0.25) is 5.91 Å². The Hall–Kier alpha value is -1.81. The van der Waals surface area contributed by atoms with Crippen LogP contribution < -0.4 is 5.73 Å². The van der Waals surface area contributed by atoms with E-state index in [1.807, 2.05) is 49.1 Å². The molecule has 1 aromatic heterocycles. The van der Waals surface area contributed by atoms with E-state index in [1.165, 1.54) is 0 Å². The Morgan fingerprint density at radius 3 is 2.80 bits per heavy atom. The first kappa shape index (κ1) is 14.6. The molecule has 0 aliphatic carbocycles. The van der Waals surface area contributed by atoms with Crippen LogP contribution in [0, 0.1) is 0 Å². The minimum Gasteiger partial charge on any atom is -0.459 e. The molecule has 2 rings (SSSR count). The van der Waals surface area contributed by atoms with Crippen molar-refractivity contribution < 1.29 is 9.21 Å². The predicted molar refractivity (Wildman–Crippen MR) is 80.3 cm³/mol. The number of rotatable bonds is 6. The molecule has 1 unspecified atom stereocenters. The Labute approximate surface area is 119 Å². The molecule has 0 saturated carbocycles. The normalized spacial score (nSPS) is 12.6. The number of hydrogen-bond donors (Lipinski definition) is 1. The van der Waals surface area contributed by atoms with Crippen LogP contribution in [0.5, 0.6) is 0 Å². The van der Waals surface area contributed by atoms with E-state index in [2.05, 4.69) is 0 Å². The summed E-state index contributed by atoms with van der Waals surface area (Å²) >= 11 is 0. The van der Waals surface area contributed by atoms with Crippen LogP contribution in [0.3, 0.4) is 0 Å². The average Bonchev–Trinajstić information content (AvgIpc) is 2.89. The fourth-order valence-corrected chi connectivity index (χ4v) is 2.42. The molecular formula is C16H22N2O2. The summed E-state index contributed by atoms with van der Waals surface area (Å²) in [5, 5.41) is 1.07. The maximum Gasteiger partial charge on any atom is 0.223 e. The van der Waals surface area contributed by atoms with Crippen molar-refractivity contribution >= 4 is 16.9 Å². The van der Waals surface area contributed by atoms with Gasteiger partial charge in [-0.3, -0.25) is 4.79 Å². The van der Waals surface area contributed by atoms with Crippen LogP contribution in [0.15, 0.2) is 34.7 Å². The molecule has 4 heteroatoms. The zero-order valence-corrected chi connectivity index (χ0v) is 12.1. The van der Waals surface area contributed by atoms with E-state index in [1.54, 1.807) is 0 Å². The smallest absolute Gasteiger partial charge is 0.223 e. The molecular weight excluding hydrogens is 252 g/mol. The summed E-state index contributed by atoms with van der Waals surface area (Å²) in [7, 11) is 0.